The highest BCUT2D eigenvalue weighted by atomic mass is 32.1. The minimum absolute atomic E-state index is 0.133. The smallest absolute Gasteiger partial charge is 0.162 e. The van der Waals surface area contributed by atoms with Gasteiger partial charge in [0.25, 0.3) is 0 Å². The first kappa shape index (κ1) is 9.60. The quantitative estimate of drug-likeness (QED) is 0.584. The number of rotatable bonds is 1. The molecule has 80 valence electrons. The molecule has 3 rings (SSSR count). The number of Topliss-reactive ketones (excluding diaryl/α,β-unsaturated/α-hetero) is 1. The lowest BCUT2D eigenvalue weighted by Crippen LogP contribution is -1.89. The van der Waals surface area contributed by atoms with Crippen LogP contribution < -0.4 is 0 Å². The Hall–Kier alpha value is -1.61. The third kappa shape index (κ3) is 1.15. The first-order valence-corrected chi connectivity index (χ1v) is 5.97. The normalized spacial score (nSPS) is 11.4. The lowest BCUT2D eigenvalue weighted by Gasteiger charge is -1.91. The molecule has 0 atom stereocenters. The van der Waals surface area contributed by atoms with Crippen molar-refractivity contribution in [1.82, 2.24) is 4.57 Å². The summed E-state index contributed by atoms with van der Waals surface area (Å²) in [7, 11) is 1.99. The van der Waals surface area contributed by atoms with Crippen molar-refractivity contribution < 1.29 is 4.79 Å². The summed E-state index contributed by atoms with van der Waals surface area (Å²) in [5.41, 5.74) is 0.829. The van der Waals surface area contributed by atoms with E-state index in [9.17, 15) is 4.79 Å². The van der Waals surface area contributed by atoms with Gasteiger partial charge in [-0.15, -0.1) is 11.3 Å². The van der Waals surface area contributed by atoms with E-state index >= 15 is 0 Å². The number of ketones is 1. The molecule has 0 aliphatic heterocycles. The first-order chi connectivity index (χ1) is 7.68. The second-order valence-electron chi connectivity index (χ2n) is 3.99. The van der Waals surface area contributed by atoms with E-state index in [4.69, 9.17) is 0 Å². The first-order valence-electron chi connectivity index (χ1n) is 5.16. The third-order valence-electron chi connectivity index (χ3n) is 2.87. The summed E-state index contributed by atoms with van der Waals surface area (Å²) < 4.78 is 3.28. The fraction of sp³-hybridized carbons (Fsp3) is 0.154. The van der Waals surface area contributed by atoms with Gasteiger partial charge in [-0.2, -0.15) is 0 Å². The van der Waals surface area contributed by atoms with Crippen LogP contribution in [-0.4, -0.2) is 10.4 Å². The van der Waals surface area contributed by atoms with Crippen LogP contribution in [0.25, 0.3) is 20.3 Å². The second-order valence-corrected chi connectivity index (χ2v) is 5.02. The van der Waals surface area contributed by atoms with Crippen molar-refractivity contribution in [2.24, 2.45) is 7.05 Å². The monoisotopic (exact) mass is 229 g/mol. The van der Waals surface area contributed by atoms with Gasteiger partial charge < -0.3 is 4.57 Å². The summed E-state index contributed by atoms with van der Waals surface area (Å²) in [5, 5.41) is 2.30. The maximum absolute atomic E-state index is 11.6. The van der Waals surface area contributed by atoms with Crippen LogP contribution in [0.15, 0.2) is 30.5 Å². The van der Waals surface area contributed by atoms with E-state index in [2.05, 4.69) is 12.1 Å². The van der Waals surface area contributed by atoms with E-state index in [-0.39, 0.29) is 5.78 Å². The lowest BCUT2D eigenvalue weighted by atomic mass is 10.1. The number of hydrogen-bond donors (Lipinski definition) is 0. The van der Waals surface area contributed by atoms with Crippen LogP contribution in [0, 0.1) is 0 Å². The molecule has 0 amide bonds. The number of hydrogen-bond acceptors (Lipinski definition) is 2. The van der Waals surface area contributed by atoms with Crippen LogP contribution >= 0.6 is 11.3 Å². The number of carbonyl (C=O) groups excluding carboxylic acids is 1. The van der Waals surface area contributed by atoms with Crippen LogP contribution in [-0.2, 0) is 7.05 Å². The second kappa shape index (κ2) is 3.19. The number of fused-ring (bicyclic) bond motifs is 3. The van der Waals surface area contributed by atoms with E-state index in [0.717, 1.165) is 10.9 Å². The SMILES string of the molecule is CC(=O)c1cn(C)c2sc3ccccc3c12. The van der Waals surface area contributed by atoms with Crippen LogP contribution in [0.5, 0.6) is 0 Å². The summed E-state index contributed by atoms with van der Waals surface area (Å²) in [4.78, 5) is 12.8. The minimum Gasteiger partial charge on any atom is -0.342 e. The number of benzene rings is 1. The van der Waals surface area contributed by atoms with E-state index in [0.29, 0.717) is 0 Å². The molecule has 2 nitrogen and oxygen atoms in total. The zero-order valence-electron chi connectivity index (χ0n) is 9.15. The fourth-order valence-corrected chi connectivity index (χ4v) is 3.28. The van der Waals surface area contributed by atoms with Gasteiger partial charge >= 0.3 is 0 Å². The maximum Gasteiger partial charge on any atom is 0.162 e. The molecule has 0 aliphatic rings. The molecule has 2 aromatic heterocycles. The van der Waals surface area contributed by atoms with E-state index in [1.165, 1.54) is 14.9 Å². The molecule has 0 fully saturated rings. The van der Waals surface area contributed by atoms with Gasteiger partial charge in [-0.05, 0) is 13.0 Å². The highest BCUT2D eigenvalue weighted by molar-refractivity contribution is 7.25. The summed E-state index contributed by atoms with van der Waals surface area (Å²) in [6.07, 6.45) is 1.93. The summed E-state index contributed by atoms with van der Waals surface area (Å²) in [5.74, 6) is 0.133. The van der Waals surface area contributed by atoms with Crippen molar-refractivity contribution in [2.45, 2.75) is 6.92 Å². The van der Waals surface area contributed by atoms with Crippen molar-refractivity contribution in [3.8, 4) is 0 Å². The number of carbonyl (C=O) groups is 1. The molecular formula is C13H11NOS. The predicted octanol–water partition coefficient (Wildman–Crippen LogP) is 3.60. The van der Waals surface area contributed by atoms with Crippen LogP contribution in [0.4, 0.5) is 0 Å². The van der Waals surface area contributed by atoms with Gasteiger partial charge in [-0.1, -0.05) is 18.2 Å². The Balaban J connectivity index is 2.58. The maximum atomic E-state index is 11.6. The zero-order chi connectivity index (χ0) is 11.3. The lowest BCUT2D eigenvalue weighted by molar-refractivity contribution is 0.101. The Morgan fingerprint density at radius 2 is 2.06 bits per heavy atom. The number of aromatic nitrogens is 1. The van der Waals surface area contributed by atoms with Gasteiger partial charge in [0.2, 0.25) is 0 Å². The molecule has 3 aromatic rings. The Morgan fingerprint density at radius 1 is 1.31 bits per heavy atom. The molecule has 16 heavy (non-hydrogen) atoms. The Morgan fingerprint density at radius 3 is 2.81 bits per heavy atom. The molecule has 2 heterocycles. The topological polar surface area (TPSA) is 22.0 Å². The third-order valence-corrected chi connectivity index (χ3v) is 4.13. The van der Waals surface area contributed by atoms with Gasteiger partial charge in [-0.25, -0.2) is 0 Å². The van der Waals surface area contributed by atoms with Crippen molar-refractivity contribution in [3.05, 3.63) is 36.0 Å². The predicted molar refractivity (Wildman–Crippen MR) is 68.3 cm³/mol. The summed E-state index contributed by atoms with van der Waals surface area (Å²) >= 11 is 1.74. The van der Waals surface area contributed by atoms with Crippen LogP contribution in [0.3, 0.4) is 0 Å². The zero-order valence-corrected chi connectivity index (χ0v) is 9.97. The van der Waals surface area contributed by atoms with Crippen LogP contribution in [0.1, 0.15) is 17.3 Å². The molecule has 1 aromatic carbocycles. The van der Waals surface area contributed by atoms with Crippen molar-refractivity contribution in [2.75, 3.05) is 0 Å². The van der Waals surface area contributed by atoms with Gasteiger partial charge in [-0.3, -0.25) is 4.79 Å². The average molecular weight is 229 g/mol. The number of aryl methyl sites for hydroxylation is 1. The van der Waals surface area contributed by atoms with Crippen molar-refractivity contribution in [3.63, 3.8) is 0 Å². The Bertz CT molecular complexity index is 705. The van der Waals surface area contributed by atoms with Gasteiger partial charge in [0.1, 0.15) is 4.83 Å². The molecule has 0 aliphatic carbocycles. The van der Waals surface area contributed by atoms with Crippen LogP contribution in [0.2, 0.25) is 0 Å². The highest BCUT2D eigenvalue weighted by Crippen LogP contribution is 2.36. The largest absolute Gasteiger partial charge is 0.342 e. The molecule has 0 spiro atoms. The molecule has 0 unspecified atom stereocenters. The number of thiophene rings is 1. The van der Waals surface area contributed by atoms with Gasteiger partial charge in [0.15, 0.2) is 5.78 Å². The molecule has 0 radical (unpaired) electrons. The van der Waals surface area contributed by atoms with Gasteiger partial charge in [0.05, 0.1) is 0 Å². The molecule has 0 saturated heterocycles. The minimum atomic E-state index is 0.133. The molecule has 0 bridgehead atoms. The number of nitrogens with zero attached hydrogens (tertiary/aromatic N) is 1. The molecule has 0 N–H and O–H groups in total. The summed E-state index contributed by atoms with van der Waals surface area (Å²) in [6.45, 7) is 1.63. The summed E-state index contributed by atoms with van der Waals surface area (Å²) in [6, 6.07) is 8.24. The van der Waals surface area contributed by atoms with Crippen molar-refractivity contribution in [1.29, 1.82) is 0 Å². The Kier molecular flexibility index (Phi) is 1.91. The molecule has 0 saturated carbocycles. The fourth-order valence-electron chi connectivity index (χ4n) is 2.12. The average Bonchev–Trinajstić information content (AvgIpc) is 2.77. The van der Waals surface area contributed by atoms with Gasteiger partial charge in [0, 0.05) is 34.3 Å². The standard InChI is InChI=1S/C13H11NOS/c1-8(15)10-7-14(2)13-12(10)9-5-3-4-6-11(9)16-13/h3-7H,1-2H3. The molecule has 3 heteroatoms. The van der Waals surface area contributed by atoms with E-state index < -0.39 is 0 Å². The van der Waals surface area contributed by atoms with Crippen molar-refractivity contribution >= 4 is 37.4 Å². The highest BCUT2D eigenvalue weighted by Gasteiger charge is 2.15. The van der Waals surface area contributed by atoms with E-state index in [1.54, 1.807) is 18.3 Å². The van der Waals surface area contributed by atoms with E-state index in [1.807, 2.05) is 29.9 Å². The molecular weight excluding hydrogens is 218 g/mol. The Labute approximate surface area is 97.1 Å².